The van der Waals surface area contributed by atoms with Crippen LogP contribution in [0.2, 0.25) is 0 Å². The molecule has 1 aromatic heterocycles. The highest BCUT2D eigenvalue weighted by Crippen LogP contribution is 2.25. The summed E-state index contributed by atoms with van der Waals surface area (Å²) < 4.78 is 0. The lowest BCUT2D eigenvalue weighted by Gasteiger charge is -2.16. The number of thiazole rings is 1. The van der Waals surface area contributed by atoms with Crippen LogP contribution in [0.4, 0.5) is 0 Å². The summed E-state index contributed by atoms with van der Waals surface area (Å²) in [5.74, 6) is 0.482. The number of hydrogen-bond acceptors (Lipinski definition) is 3. The normalized spacial score (nSPS) is 11.2. The van der Waals surface area contributed by atoms with Crippen LogP contribution < -0.4 is 0 Å². The van der Waals surface area contributed by atoms with E-state index in [4.69, 9.17) is 11.6 Å². The summed E-state index contributed by atoms with van der Waals surface area (Å²) in [6.45, 7) is 4.36. The zero-order valence-electron chi connectivity index (χ0n) is 12.1. The second-order valence-electron chi connectivity index (χ2n) is 5.07. The molecule has 20 heavy (non-hydrogen) atoms. The summed E-state index contributed by atoms with van der Waals surface area (Å²) in [5.41, 5.74) is 3.48. The Labute approximate surface area is 130 Å². The molecular formula is C16H21ClN2S. The van der Waals surface area contributed by atoms with Gasteiger partial charge in [-0.3, -0.25) is 0 Å². The molecule has 0 bridgehead atoms. The summed E-state index contributed by atoms with van der Waals surface area (Å²) in [6.07, 6.45) is 2.49. The number of benzene rings is 1. The van der Waals surface area contributed by atoms with Crippen molar-refractivity contribution in [1.82, 2.24) is 9.88 Å². The largest absolute Gasteiger partial charge is 0.302 e. The van der Waals surface area contributed by atoms with E-state index < -0.39 is 0 Å². The highest BCUT2D eigenvalue weighted by molar-refractivity contribution is 7.13. The maximum Gasteiger partial charge on any atom is 0.123 e. The Morgan fingerprint density at radius 3 is 2.90 bits per heavy atom. The second kappa shape index (κ2) is 7.77. The van der Waals surface area contributed by atoms with Gasteiger partial charge in [0, 0.05) is 17.5 Å². The number of unbranched alkanes of at least 4 members (excludes halogenated alkanes) is 1. The number of rotatable bonds is 7. The molecule has 0 fully saturated rings. The van der Waals surface area contributed by atoms with E-state index in [1.807, 2.05) is 5.38 Å². The van der Waals surface area contributed by atoms with E-state index in [1.165, 1.54) is 24.0 Å². The van der Waals surface area contributed by atoms with Crippen molar-refractivity contribution in [3.05, 3.63) is 40.9 Å². The molecule has 1 heterocycles. The van der Waals surface area contributed by atoms with Gasteiger partial charge in [0.25, 0.3) is 0 Å². The van der Waals surface area contributed by atoms with Crippen LogP contribution in [0, 0.1) is 0 Å². The van der Waals surface area contributed by atoms with Crippen LogP contribution in [-0.4, -0.2) is 23.5 Å². The minimum absolute atomic E-state index is 0.482. The van der Waals surface area contributed by atoms with E-state index in [-0.39, 0.29) is 0 Å². The van der Waals surface area contributed by atoms with E-state index in [0.717, 1.165) is 23.8 Å². The van der Waals surface area contributed by atoms with Gasteiger partial charge in [0.15, 0.2) is 0 Å². The molecule has 0 amide bonds. The molecule has 0 N–H and O–H groups in total. The molecule has 0 aliphatic carbocycles. The fourth-order valence-electron chi connectivity index (χ4n) is 2.12. The van der Waals surface area contributed by atoms with Crippen LogP contribution in [-0.2, 0) is 12.4 Å². The summed E-state index contributed by atoms with van der Waals surface area (Å²) in [6, 6.07) is 8.65. The predicted octanol–water partition coefficient (Wildman–Crippen LogP) is 4.78. The van der Waals surface area contributed by atoms with Crippen LogP contribution in [0.25, 0.3) is 10.6 Å². The number of hydrogen-bond donors (Lipinski definition) is 0. The van der Waals surface area contributed by atoms with E-state index in [1.54, 1.807) is 11.3 Å². The number of alkyl halides is 1. The van der Waals surface area contributed by atoms with E-state index >= 15 is 0 Å². The van der Waals surface area contributed by atoms with Crippen molar-refractivity contribution in [2.75, 3.05) is 13.6 Å². The van der Waals surface area contributed by atoms with Crippen LogP contribution in [0.5, 0.6) is 0 Å². The molecule has 4 heteroatoms. The first-order chi connectivity index (χ1) is 9.72. The lowest BCUT2D eigenvalue weighted by molar-refractivity contribution is 0.321. The first kappa shape index (κ1) is 15.5. The standard InChI is InChI=1S/C16H21ClN2S/c1-3-4-8-19(2)11-13-6-5-7-14(9-13)16-18-15(10-17)12-20-16/h5-7,9,12H,3-4,8,10-11H2,1-2H3. The third kappa shape index (κ3) is 4.30. The fraction of sp³-hybridized carbons (Fsp3) is 0.438. The van der Waals surface area contributed by atoms with Crippen molar-refractivity contribution in [3.8, 4) is 10.6 Å². The predicted molar refractivity (Wildman–Crippen MR) is 88.3 cm³/mol. The quantitative estimate of drug-likeness (QED) is 0.684. The molecule has 0 radical (unpaired) electrons. The van der Waals surface area contributed by atoms with Gasteiger partial charge < -0.3 is 4.90 Å². The molecule has 0 aliphatic heterocycles. The van der Waals surface area contributed by atoms with Gasteiger partial charge in [0.05, 0.1) is 11.6 Å². The lowest BCUT2D eigenvalue weighted by Crippen LogP contribution is -2.18. The Morgan fingerprint density at radius 2 is 2.20 bits per heavy atom. The molecule has 2 rings (SSSR count). The molecule has 0 saturated carbocycles. The average molecular weight is 309 g/mol. The minimum atomic E-state index is 0.482. The van der Waals surface area contributed by atoms with Crippen molar-refractivity contribution in [2.45, 2.75) is 32.2 Å². The van der Waals surface area contributed by atoms with Gasteiger partial charge >= 0.3 is 0 Å². The van der Waals surface area contributed by atoms with Crippen LogP contribution >= 0.6 is 22.9 Å². The van der Waals surface area contributed by atoms with E-state index in [9.17, 15) is 0 Å². The molecular weight excluding hydrogens is 288 g/mol. The Hall–Kier alpha value is -0.900. The summed E-state index contributed by atoms with van der Waals surface area (Å²) in [5, 5.41) is 3.08. The maximum atomic E-state index is 5.81. The highest BCUT2D eigenvalue weighted by atomic mass is 35.5. The first-order valence-electron chi connectivity index (χ1n) is 7.01. The third-order valence-electron chi connectivity index (χ3n) is 3.21. The Morgan fingerprint density at radius 1 is 1.35 bits per heavy atom. The zero-order valence-corrected chi connectivity index (χ0v) is 13.7. The Balaban J connectivity index is 2.07. The monoisotopic (exact) mass is 308 g/mol. The van der Waals surface area contributed by atoms with Gasteiger partial charge in [-0.1, -0.05) is 31.5 Å². The molecule has 0 atom stereocenters. The van der Waals surface area contributed by atoms with E-state index in [0.29, 0.717) is 5.88 Å². The molecule has 2 nitrogen and oxygen atoms in total. The number of halogens is 1. The highest BCUT2D eigenvalue weighted by Gasteiger charge is 2.06. The fourth-order valence-corrected chi connectivity index (χ4v) is 3.17. The van der Waals surface area contributed by atoms with Gasteiger partial charge in [-0.15, -0.1) is 22.9 Å². The van der Waals surface area contributed by atoms with Crippen LogP contribution in [0.3, 0.4) is 0 Å². The number of nitrogens with zero attached hydrogens (tertiary/aromatic N) is 2. The lowest BCUT2D eigenvalue weighted by atomic mass is 10.1. The van der Waals surface area contributed by atoms with Crippen molar-refractivity contribution in [2.24, 2.45) is 0 Å². The summed E-state index contributed by atoms with van der Waals surface area (Å²) in [4.78, 5) is 6.91. The van der Waals surface area contributed by atoms with Crippen molar-refractivity contribution < 1.29 is 0 Å². The Kier molecular flexibility index (Phi) is 6.02. The Bertz CT molecular complexity index is 539. The molecule has 0 unspecified atom stereocenters. The molecule has 108 valence electrons. The maximum absolute atomic E-state index is 5.81. The van der Waals surface area contributed by atoms with Crippen LogP contribution in [0.1, 0.15) is 31.0 Å². The van der Waals surface area contributed by atoms with E-state index in [2.05, 4.69) is 48.1 Å². The molecule has 1 aromatic carbocycles. The van der Waals surface area contributed by atoms with Crippen LogP contribution in [0.15, 0.2) is 29.6 Å². The van der Waals surface area contributed by atoms with Gasteiger partial charge in [0.2, 0.25) is 0 Å². The SMILES string of the molecule is CCCCN(C)Cc1cccc(-c2nc(CCl)cs2)c1. The van der Waals surface area contributed by atoms with Gasteiger partial charge in [-0.05, 0) is 31.6 Å². The first-order valence-corrected chi connectivity index (χ1v) is 8.42. The molecule has 0 spiro atoms. The van der Waals surface area contributed by atoms with Gasteiger partial charge in [-0.2, -0.15) is 0 Å². The van der Waals surface area contributed by atoms with Crippen molar-refractivity contribution in [3.63, 3.8) is 0 Å². The zero-order chi connectivity index (χ0) is 14.4. The summed E-state index contributed by atoms with van der Waals surface area (Å²) in [7, 11) is 2.18. The molecule has 0 aliphatic rings. The minimum Gasteiger partial charge on any atom is -0.302 e. The molecule has 2 aromatic rings. The third-order valence-corrected chi connectivity index (χ3v) is 4.42. The van der Waals surface area contributed by atoms with Crippen molar-refractivity contribution in [1.29, 1.82) is 0 Å². The number of aromatic nitrogens is 1. The average Bonchev–Trinajstić information content (AvgIpc) is 2.94. The van der Waals surface area contributed by atoms with Gasteiger partial charge in [0.1, 0.15) is 5.01 Å². The smallest absolute Gasteiger partial charge is 0.123 e. The summed E-state index contributed by atoms with van der Waals surface area (Å²) >= 11 is 7.47. The van der Waals surface area contributed by atoms with Gasteiger partial charge in [-0.25, -0.2) is 4.98 Å². The molecule has 0 saturated heterocycles. The second-order valence-corrected chi connectivity index (χ2v) is 6.19. The topological polar surface area (TPSA) is 16.1 Å². The van der Waals surface area contributed by atoms with Crippen molar-refractivity contribution >= 4 is 22.9 Å².